The molecule has 0 bridgehead atoms. The van der Waals surface area contributed by atoms with Crippen LogP contribution in [-0.4, -0.2) is 0 Å². The zero-order valence-corrected chi connectivity index (χ0v) is 9.39. The fourth-order valence-corrected chi connectivity index (χ4v) is 2.69. The second-order valence-corrected chi connectivity index (χ2v) is 4.60. The van der Waals surface area contributed by atoms with Crippen LogP contribution in [0.4, 0.5) is 0 Å². The highest BCUT2D eigenvalue weighted by Gasteiger charge is 2.34. The summed E-state index contributed by atoms with van der Waals surface area (Å²) in [5.74, 6) is 0. The molecular weight excluding hydrogens is 192 g/mol. The summed E-state index contributed by atoms with van der Waals surface area (Å²) in [5, 5.41) is 0. The van der Waals surface area contributed by atoms with Crippen LogP contribution in [-0.2, 0) is 5.41 Å². The van der Waals surface area contributed by atoms with Crippen LogP contribution in [0.2, 0.25) is 0 Å². The molecule has 80 valence electrons. The van der Waals surface area contributed by atoms with Crippen molar-refractivity contribution in [2.75, 3.05) is 0 Å². The van der Waals surface area contributed by atoms with Crippen molar-refractivity contribution in [2.45, 2.75) is 24.7 Å². The summed E-state index contributed by atoms with van der Waals surface area (Å²) in [6.45, 7) is 0. The van der Waals surface area contributed by atoms with Crippen molar-refractivity contribution >= 4 is 0 Å². The first-order valence-electron chi connectivity index (χ1n) is 6.01. The lowest BCUT2D eigenvalue weighted by Gasteiger charge is -2.38. The second kappa shape index (κ2) is 3.79. The highest BCUT2D eigenvalue weighted by atomic mass is 14.4. The molecule has 1 aromatic rings. The normalized spacial score (nSPS) is 27.4. The van der Waals surface area contributed by atoms with Gasteiger partial charge in [0.15, 0.2) is 0 Å². The maximum Gasteiger partial charge on any atom is 0.0379 e. The van der Waals surface area contributed by atoms with Crippen molar-refractivity contribution in [1.29, 1.82) is 0 Å². The highest BCUT2D eigenvalue weighted by molar-refractivity contribution is 5.47. The van der Waals surface area contributed by atoms with Crippen molar-refractivity contribution < 1.29 is 0 Å². The maximum absolute atomic E-state index is 2.40. The molecule has 1 unspecified atom stereocenters. The fourth-order valence-electron chi connectivity index (χ4n) is 2.69. The van der Waals surface area contributed by atoms with E-state index in [9.17, 15) is 0 Å². The van der Waals surface area contributed by atoms with Gasteiger partial charge in [-0.2, -0.15) is 0 Å². The summed E-state index contributed by atoms with van der Waals surface area (Å²) in [4.78, 5) is 0. The zero-order chi connectivity index (χ0) is 10.8. The van der Waals surface area contributed by atoms with Gasteiger partial charge in [-0.25, -0.2) is 0 Å². The van der Waals surface area contributed by atoms with Crippen molar-refractivity contribution in [2.24, 2.45) is 0 Å². The fraction of sp³-hybridized carbons (Fsp3) is 0.250. The number of hydrogen-bond acceptors (Lipinski definition) is 0. The summed E-state index contributed by atoms with van der Waals surface area (Å²) in [7, 11) is 0. The lowest BCUT2D eigenvalue weighted by Crippen LogP contribution is -2.29. The van der Waals surface area contributed by atoms with Crippen LogP contribution in [0.1, 0.15) is 24.8 Å². The SMILES string of the molecule is C1=CCC(C2=CCC2)(c2ccccc2)C=C1. The molecule has 0 aliphatic heterocycles. The molecule has 1 aromatic carbocycles. The Morgan fingerprint density at radius 2 is 1.81 bits per heavy atom. The Kier molecular flexibility index (Phi) is 2.28. The molecule has 2 aliphatic carbocycles. The van der Waals surface area contributed by atoms with E-state index in [1.54, 1.807) is 5.57 Å². The number of hydrogen-bond donors (Lipinski definition) is 0. The molecule has 0 N–H and O–H groups in total. The van der Waals surface area contributed by atoms with Gasteiger partial charge in [-0.15, -0.1) is 0 Å². The third-order valence-electron chi connectivity index (χ3n) is 3.73. The largest absolute Gasteiger partial charge is 0.0838 e. The average molecular weight is 208 g/mol. The molecule has 0 amide bonds. The van der Waals surface area contributed by atoms with Gasteiger partial charge in [0.05, 0.1) is 0 Å². The molecule has 0 aromatic heterocycles. The van der Waals surface area contributed by atoms with Crippen LogP contribution in [0.3, 0.4) is 0 Å². The third-order valence-corrected chi connectivity index (χ3v) is 3.73. The first-order valence-corrected chi connectivity index (χ1v) is 6.01. The number of allylic oxidation sites excluding steroid dienone is 6. The van der Waals surface area contributed by atoms with Crippen LogP contribution in [0.25, 0.3) is 0 Å². The van der Waals surface area contributed by atoms with Crippen LogP contribution in [0.15, 0.2) is 66.3 Å². The monoisotopic (exact) mass is 208 g/mol. The van der Waals surface area contributed by atoms with Crippen molar-refractivity contribution in [3.8, 4) is 0 Å². The Morgan fingerprint density at radius 1 is 1.00 bits per heavy atom. The van der Waals surface area contributed by atoms with E-state index in [2.05, 4.69) is 60.7 Å². The topological polar surface area (TPSA) is 0 Å². The first kappa shape index (κ1) is 9.65. The molecule has 1 atom stereocenters. The van der Waals surface area contributed by atoms with Gasteiger partial charge < -0.3 is 0 Å². The molecule has 2 aliphatic rings. The third kappa shape index (κ3) is 1.37. The molecule has 0 saturated heterocycles. The van der Waals surface area contributed by atoms with Gasteiger partial charge in [-0.3, -0.25) is 0 Å². The number of benzene rings is 1. The van der Waals surface area contributed by atoms with Crippen molar-refractivity contribution in [1.82, 2.24) is 0 Å². The Balaban J connectivity index is 2.09. The molecule has 3 rings (SSSR count). The van der Waals surface area contributed by atoms with E-state index in [4.69, 9.17) is 0 Å². The molecule has 0 heterocycles. The summed E-state index contributed by atoms with van der Waals surface area (Å²) < 4.78 is 0. The van der Waals surface area contributed by atoms with E-state index in [1.807, 2.05) is 0 Å². The van der Waals surface area contributed by atoms with Crippen molar-refractivity contribution in [3.05, 3.63) is 71.8 Å². The van der Waals surface area contributed by atoms with Gasteiger partial charge >= 0.3 is 0 Å². The van der Waals surface area contributed by atoms with E-state index in [-0.39, 0.29) is 5.41 Å². The molecule has 0 fully saturated rings. The van der Waals surface area contributed by atoms with Crippen LogP contribution in [0, 0.1) is 0 Å². The van der Waals surface area contributed by atoms with Gasteiger partial charge in [-0.1, -0.05) is 66.3 Å². The van der Waals surface area contributed by atoms with E-state index >= 15 is 0 Å². The van der Waals surface area contributed by atoms with E-state index in [0.29, 0.717) is 0 Å². The minimum absolute atomic E-state index is 0.161. The maximum atomic E-state index is 2.40. The molecular formula is C16H16. The minimum Gasteiger partial charge on any atom is -0.0838 e. The van der Waals surface area contributed by atoms with E-state index in [0.717, 1.165) is 6.42 Å². The average Bonchev–Trinajstić information content (AvgIpc) is 2.29. The second-order valence-electron chi connectivity index (χ2n) is 4.60. The molecule has 0 heteroatoms. The highest BCUT2D eigenvalue weighted by Crippen LogP contribution is 2.44. The summed E-state index contributed by atoms with van der Waals surface area (Å²) >= 11 is 0. The molecule has 0 radical (unpaired) electrons. The Morgan fingerprint density at radius 3 is 2.38 bits per heavy atom. The molecule has 0 saturated carbocycles. The van der Waals surface area contributed by atoms with Crippen LogP contribution < -0.4 is 0 Å². The number of rotatable bonds is 2. The Bertz CT molecular complexity index is 462. The summed E-state index contributed by atoms with van der Waals surface area (Å²) in [5.41, 5.74) is 3.19. The molecule has 0 nitrogen and oxygen atoms in total. The van der Waals surface area contributed by atoms with Gasteiger partial charge in [0.25, 0.3) is 0 Å². The molecule has 16 heavy (non-hydrogen) atoms. The quantitative estimate of drug-likeness (QED) is 0.640. The van der Waals surface area contributed by atoms with Gasteiger partial charge in [0, 0.05) is 5.41 Å². The summed E-state index contributed by atoms with van der Waals surface area (Å²) in [6.07, 6.45) is 15.0. The lowest BCUT2D eigenvalue weighted by molar-refractivity contribution is 0.570. The standard InChI is InChI=1S/C16H16/c1-3-8-14(9-4-1)16(15-10-7-11-15)12-5-2-6-13-16/h1-6,8-10,12H,7,11,13H2. The smallest absolute Gasteiger partial charge is 0.0379 e. The Labute approximate surface area is 97.0 Å². The first-order chi connectivity index (χ1) is 7.92. The van der Waals surface area contributed by atoms with Crippen LogP contribution >= 0.6 is 0 Å². The van der Waals surface area contributed by atoms with E-state index < -0.39 is 0 Å². The zero-order valence-electron chi connectivity index (χ0n) is 9.39. The molecule has 0 spiro atoms. The predicted molar refractivity (Wildman–Crippen MR) is 68.3 cm³/mol. The van der Waals surface area contributed by atoms with Crippen molar-refractivity contribution in [3.63, 3.8) is 0 Å². The van der Waals surface area contributed by atoms with Gasteiger partial charge in [-0.05, 0) is 24.8 Å². The summed E-state index contributed by atoms with van der Waals surface area (Å²) in [6, 6.07) is 10.9. The Hall–Kier alpha value is -1.56. The predicted octanol–water partition coefficient (Wildman–Crippen LogP) is 4.16. The van der Waals surface area contributed by atoms with Gasteiger partial charge in [0.2, 0.25) is 0 Å². The van der Waals surface area contributed by atoms with Crippen LogP contribution in [0.5, 0.6) is 0 Å². The van der Waals surface area contributed by atoms with E-state index in [1.165, 1.54) is 18.4 Å². The van der Waals surface area contributed by atoms with Gasteiger partial charge in [0.1, 0.15) is 0 Å². The lowest BCUT2D eigenvalue weighted by atomic mass is 9.65. The minimum atomic E-state index is 0.161.